The van der Waals surface area contributed by atoms with E-state index in [9.17, 15) is 9.59 Å². The van der Waals surface area contributed by atoms with Crippen molar-refractivity contribution in [2.24, 2.45) is 17.8 Å². The third-order valence-corrected chi connectivity index (χ3v) is 3.99. The maximum absolute atomic E-state index is 12.2. The lowest BCUT2D eigenvalue weighted by Crippen LogP contribution is -2.33. The SMILES string of the molecule is O=C(O)C1[C@H]2CN(C(=O)c3cc(CO)ccn3)C[C@@H]12. The molecule has 2 aliphatic rings. The molecule has 0 aromatic carbocycles. The summed E-state index contributed by atoms with van der Waals surface area (Å²) in [6.45, 7) is 0.853. The second kappa shape index (κ2) is 4.31. The van der Waals surface area contributed by atoms with Crippen LogP contribution < -0.4 is 0 Å². The Bertz CT molecular complexity index is 533. The van der Waals surface area contributed by atoms with E-state index in [1.165, 1.54) is 6.20 Å². The van der Waals surface area contributed by atoms with E-state index in [1.807, 2.05) is 0 Å². The summed E-state index contributed by atoms with van der Waals surface area (Å²) in [5.41, 5.74) is 0.950. The van der Waals surface area contributed by atoms with Crippen LogP contribution >= 0.6 is 0 Å². The summed E-state index contributed by atoms with van der Waals surface area (Å²) in [5.74, 6) is -1.03. The Morgan fingerprint density at radius 3 is 2.63 bits per heavy atom. The predicted molar refractivity (Wildman–Crippen MR) is 64.2 cm³/mol. The van der Waals surface area contributed by atoms with Gasteiger partial charge in [-0.15, -0.1) is 0 Å². The van der Waals surface area contributed by atoms with E-state index in [0.29, 0.717) is 24.3 Å². The normalized spacial score (nSPS) is 28.1. The number of aliphatic hydroxyl groups excluding tert-OH is 1. The number of rotatable bonds is 3. The minimum atomic E-state index is -0.762. The van der Waals surface area contributed by atoms with Crippen molar-refractivity contribution in [1.29, 1.82) is 0 Å². The smallest absolute Gasteiger partial charge is 0.307 e. The van der Waals surface area contributed by atoms with E-state index in [0.717, 1.165) is 0 Å². The van der Waals surface area contributed by atoms with E-state index >= 15 is 0 Å². The van der Waals surface area contributed by atoms with Crippen LogP contribution in [0, 0.1) is 17.8 Å². The molecule has 1 amide bonds. The number of aliphatic carboxylic acids is 1. The summed E-state index contributed by atoms with van der Waals surface area (Å²) in [5, 5.41) is 18.0. The highest BCUT2D eigenvalue weighted by atomic mass is 16.4. The molecular formula is C13H14N2O4. The molecule has 19 heavy (non-hydrogen) atoms. The third-order valence-electron chi connectivity index (χ3n) is 3.99. The van der Waals surface area contributed by atoms with Crippen LogP contribution in [0.25, 0.3) is 0 Å². The number of hydrogen-bond acceptors (Lipinski definition) is 4. The summed E-state index contributed by atoms with van der Waals surface area (Å²) < 4.78 is 0. The molecule has 1 saturated heterocycles. The molecule has 1 saturated carbocycles. The van der Waals surface area contributed by atoms with E-state index in [1.54, 1.807) is 17.0 Å². The molecule has 100 valence electrons. The zero-order valence-electron chi connectivity index (χ0n) is 10.2. The zero-order valence-corrected chi connectivity index (χ0v) is 10.2. The first-order valence-electron chi connectivity index (χ1n) is 6.19. The summed E-state index contributed by atoms with van der Waals surface area (Å²) in [6, 6.07) is 3.22. The highest BCUT2D eigenvalue weighted by Crippen LogP contribution is 2.51. The first-order valence-corrected chi connectivity index (χ1v) is 6.19. The fourth-order valence-corrected chi connectivity index (χ4v) is 2.91. The lowest BCUT2D eigenvalue weighted by Gasteiger charge is -2.18. The number of aliphatic hydroxyl groups is 1. The average Bonchev–Trinajstić information content (AvgIpc) is 2.94. The Hall–Kier alpha value is -1.95. The molecule has 3 atom stereocenters. The molecule has 1 aromatic rings. The van der Waals surface area contributed by atoms with Gasteiger partial charge in [0.1, 0.15) is 5.69 Å². The van der Waals surface area contributed by atoms with Crippen LogP contribution in [0.15, 0.2) is 18.3 Å². The average molecular weight is 262 g/mol. The van der Waals surface area contributed by atoms with Gasteiger partial charge < -0.3 is 15.1 Å². The van der Waals surface area contributed by atoms with Gasteiger partial charge in [-0.1, -0.05) is 0 Å². The van der Waals surface area contributed by atoms with Gasteiger partial charge in [-0.2, -0.15) is 0 Å². The maximum Gasteiger partial charge on any atom is 0.307 e. The van der Waals surface area contributed by atoms with Crippen LogP contribution in [0.5, 0.6) is 0 Å². The van der Waals surface area contributed by atoms with Gasteiger partial charge in [0, 0.05) is 19.3 Å². The second-order valence-electron chi connectivity index (χ2n) is 5.11. The topological polar surface area (TPSA) is 90.7 Å². The summed E-state index contributed by atoms with van der Waals surface area (Å²) >= 11 is 0. The zero-order chi connectivity index (χ0) is 13.6. The van der Waals surface area contributed by atoms with Crippen LogP contribution in [0.4, 0.5) is 0 Å². The lowest BCUT2D eigenvalue weighted by atomic mass is 10.2. The van der Waals surface area contributed by atoms with E-state index in [-0.39, 0.29) is 30.3 Å². The number of aromatic nitrogens is 1. The minimum absolute atomic E-state index is 0.0995. The maximum atomic E-state index is 12.2. The van der Waals surface area contributed by atoms with Crippen molar-refractivity contribution in [2.75, 3.05) is 13.1 Å². The number of carboxylic acids is 1. The molecule has 0 bridgehead atoms. The molecule has 1 aliphatic carbocycles. The van der Waals surface area contributed by atoms with Crippen LogP contribution in [0.2, 0.25) is 0 Å². The molecule has 0 radical (unpaired) electrons. The van der Waals surface area contributed by atoms with E-state index in [4.69, 9.17) is 10.2 Å². The molecule has 1 aliphatic heterocycles. The highest BCUT2D eigenvalue weighted by molar-refractivity contribution is 5.93. The Morgan fingerprint density at radius 1 is 1.37 bits per heavy atom. The Balaban J connectivity index is 1.68. The molecule has 1 unspecified atom stereocenters. The predicted octanol–water partition coefficient (Wildman–Crippen LogP) is -0.0235. The van der Waals surface area contributed by atoms with Crippen LogP contribution in [0.3, 0.4) is 0 Å². The summed E-state index contributed by atoms with van der Waals surface area (Å²) in [4.78, 5) is 28.7. The van der Waals surface area contributed by atoms with Crippen molar-refractivity contribution in [3.8, 4) is 0 Å². The Kier molecular flexibility index (Phi) is 2.74. The number of carbonyl (C=O) groups is 2. The molecule has 3 rings (SSSR count). The number of pyridine rings is 1. The van der Waals surface area contributed by atoms with Crippen LogP contribution in [-0.2, 0) is 11.4 Å². The van der Waals surface area contributed by atoms with Gasteiger partial charge in [-0.3, -0.25) is 14.6 Å². The number of fused-ring (bicyclic) bond motifs is 1. The highest BCUT2D eigenvalue weighted by Gasteiger charge is 2.60. The molecule has 6 heteroatoms. The van der Waals surface area contributed by atoms with Gasteiger partial charge in [-0.25, -0.2) is 0 Å². The van der Waals surface area contributed by atoms with Crippen LogP contribution in [-0.4, -0.2) is 45.1 Å². The fraction of sp³-hybridized carbons (Fsp3) is 0.462. The number of carboxylic acid groups (broad SMARTS) is 1. The fourth-order valence-electron chi connectivity index (χ4n) is 2.91. The number of carbonyl (C=O) groups excluding carboxylic acids is 1. The van der Waals surface area contributed by atoms with E-state index < -0.39 is 5.97 Å². The first kappa shape index (κ1) is 12.1. The lowest BCUT2D eigenvalue weighted by molar-refractivity contribution is -0.139. The number of amides is 1. The quantitative estimate of drug-likeness (QED) is 0.798. The van der Waals surface area contributed by atoms with Crippen molar-refractivity contribution in [3.05, 3.63) is 29.6 Å². The van der Waals surface area contributed by atoms with Gasteiger partial charge >= 0.3 is 5.97 Å². The standard InChI is InChI=1S/C13H14N2O4/c16-6-7-1-2-14-10(3-7)12(17)15-4-8-9(5-15)11(8)13(18)19/h1-3,8-9,11,16H,4-6H2,(H,18,19)/t8-,9+,11?. The van der Waals surface area contributed by atoms with Crippen LogP contribution in [0.1, 0.15) is 16.1 Å². The van der Waals surface area contributed by atoms with Gasteiger partial charge in [-0.05, 0) is 29.5 Å². The Labute approximate surface area is 109 Å². The van der Waals surface area contributed by atoms with Gasteiger partial charge in [0.2, 0.25) is 0 Å². The van der Waals surface area contributed by atoms with Gasteiger partial charge in [0.15, 0.2) is 0 Å². The third kappa shape index (κ3) is 1.98. The van der Waals surface area contributed by atoms with Crippen molar-refractivity contribution in [3.63, 3.8) is 0 Å². The molecule has 2 heterocycles. The summed E-state index contributed by atoms with van der Waals surface area (Å²) in [6.07, 6.45) is 1.50. The summed E-state index contributed by atoms with van der Waals surface area (Å²) in [7, 11) is 0. The molecule has 2 fully saturated rings. The van der Waals surface area contributed by atoms with Crippen molar-refractivity contribution >= 4 is 11.9 Å². The molecule has 0 spiro atoms. The monoisotopic (exact) mass is 262 g/mol. The van der Waals surface area contributed by atoms with Crippen molar-refractivity contribution in [2.45, 2.75) is 6.61 Å². The van der Waals surface area contributed by atoms with Crippen molar-refractivity contribution in [1.82, 2.24) is 9.88 Å². The first-order chi connectivity index (χ1) is 9.11. The largest absolute Gasteiger partial charge is 0.481 e. The Morgan fingerprint density at radius 2 is 2.05 bits per heavy atom. The second-order valence-corrected chi connectivity index (χ2v) is 5.11. The number of piperidine rings is 1. The molecule has 2 N–H and O–H groups in total. The molecule has 6 nitrogen and oxygen atoms in total. The molecule has 1 aromatic heterocycles. The van der Waals surface area contributed by atoms with Crippen molar-refractivity contribution < 1.29 is 19.8 Å². The van der Waals surface area contributed by atoms with Gasteiger partial charge in [0.05, 0.1) is 12.5 Å². The van der Waals surface area contributed by atoms with Gasteiger partial charge in [0.25, 0.3) is 5.91 Å². The number of hydrogen-bond donors (Lipinski definition) is 2. The number of likely N-dealkylation sites (tertiary alicyclic amines) is 1. The number of nitrogens with zero attached hydrogens (tertiary/aromatic N) is 2. The minimum Gasteiger partial charge on any atom is -0.481 e. The van der Waals surface area contributed by atoms with E-state index in [2.05, 4.69) is 4.98 Å². The molecular weight excluding hydrogens is 248 g/mol.